The summed E-state index contributed by atoms with van der Waals surface area (Å²) in [6, 6.07) is 0.135. The fourth-order valence-electron chi connectivity index (χ4n) is 2.54. The lowest BCUT2D eigenvalue weighted by atomic mass is 9.45. The standard InChI is InChI=1S/C9H17N3O/c1-6(2)11-7(13)12-9-3-8(10,4-9)5-9/h6H,3-5,10H2,1-2H3,(H2,11,12,13). The summed E-state index contributed by atoms with van der Waals surface area (Å²) in [5.74, 6) is 0. The Morgan fingerprint density at radius 3 is 2.31 bits per heavy atom. The molecule has 4 N–H and O–H groups in total. The van der Waals surface area contributed by atoms with Gasteiger partial charge in [-0.1, -0.05) is 0 Å². The molecule has 0 aromatic rings. The highest BCUT2D eigenvalue weighted by Crippen LogP contribution is 2.58. The van der Waals surface area contributed by atoms with Crippen molar-refractivity contribution < 1.29 is 4.79 Å². The fourth-order valence-corrected chi connectivity index (χ4v) is 2.54. The van der Waals surface area contributed by atoms with Crippen LogP contribution < -0.4 is 16.4 Å². The van der Waals surface area contributed by atoms with Gasteiger partial charge in [0.15, 0.2) is 0 Å². The van der Waals surface area contributed by atoms with Crippen molar-refractivity contribution in [2.45, 2.75) is 50.2 Å². The highest BCUT2D eigenvalue weighted by Gasteiger charge is 2.66. The third-order valence-corrected chi connectivity index (χ3v) is 2.87. The van der Waals surface area contributed by atoms with Crippen LogP contribution in [0.5, 0.6) is 0 Å². The van der Waals surface area contributed by atoms with Crippen LogP contribution in [0, 0.1) is 0 Å². The first kappa shape index (κ1) is 8.81. The molecule has 3 fully saturated rings. The Balaban J connectivity index is 1.77. The molecular formula is C9H17N3O. The summed E-state index contributed by atoms with van der Waals surface area (Å²) in [5, 5.41) is 5.80. The number of amides is 2. The molecule has 2 bridgehead atoms. The Labute approximate surface area is 78.2 Å². The number of hydrogen-bond donors (Lipinski definition) is 3. The van der Waals surface area contributed by atoms with Crippen LogP contribution >= 0.6 is 0 Å². The number of rotatable bonds is 2. The monoisotopic (exact) mass is 183 g/mol. The summed E-state index contributed by atoms with van der Waals surface area (Å²) >= 11 is 0. The lowest BCUT2D eigenvalue weighted by molar-refractivity contribution is -0.0690. The van der Waals surface area contributed by atoms with E-state index in [1.807, 2.05) is 13.8 Å². The van der Waals surface area contributed by atoms with Crippen LogP contribution in [0.25, 0.3) is 0 Å². The largest absolute Gasteiger partial charge is 0.336 e. The summed E-state index contributed by atoms with van der Waals surface area (Å²) in [5.41, 5.74) is 5.99. The molecule has 4 heteroatoms. The van der Waals surface area contributed by atoms with Gasteiger partial charge in [-0.3, -0.25) is 0 Å². The number of nitrogens with two attached hydrogens (primary N) is 1. The quantitative estimate of drug-likeness (QED) is 0.577. The molecule has 3 aliphatic rings. The summed E-state index contributed by atoms with van der Waals surface area (Å²) in [6.45, 7) is 3.90. The zero-order valence-corrected chi connectivity index (χ0v) is 8.18. The summed E-state index contributed by atoms with van der Waals surface area (Å²) in [4.78, 5) is 11.3. The van der Waals surface area contributed by atoms with Crippen molar-refractivity contribution in [3.63, 3.8) is 0 Å². The molecule has 0 spiro atoms. The number of nitrogens with one attached hydrogen (secondary N) is 2. The second-order valence-electron chi connectivity index (χ2n) is 4.93. The summed E-state index contributed by atoms with van der Waals surface area (Å²) < 4.78 is 0. The van der Waals surface area contributed by atoms with E-state index in [9.17, 15) is 4.79 Å². The average molecular weight is 183 g/mol. The molecule has 0 atom stereocenters. The minimum atomic E-state index is -0.0586. The predicted octanol–water partition coefficient (Wildman–Crippen LogP) is 0.328. The van der Waals surface area contributed by atoms with Crippen molar-refractivity contribution in [3.8, 4) is 0 Å². The third-order valence-electron chi connectivity index (χ3n) is 2.87. The molecule has 74 valence electrons. The molecule has 0 aromatic heterocycles. The van der Waals surface area contributed by atoms with Crippen LogP contribution in [0.2, 0.25) is 0 Å². The molecule has 13 heavy (non-hydrogen) atoms. The molecule has 0 aromatic carbocycles. The van der Waals surface area contributed by atoms with Gasteiger partial charge in [-0.05, 0) is 33.1 Å². The molecular weight excluding hydrogens is 166 g/mol. The van der Waals surface area contributed by atoms with Crippen LogP contribution in [0.3, 0.4) is 0 Å². The van der Waals surface area contributed by atoms with E-state index in [2.05, 4.69) is 10.6 Å². The first-order chi connectivity index (χ1) is 5.93. The first-order valence-electron chi connectivity index (χ1n) is 4.81. The normalized spacial score (nSPS) is 40.6. The van der Waals surface area contributed by atoms with Gasteiger partial charge in [0, 0.05) is 17.1 Å². The van der Waals surface area contributed by atoms with Gasteiger partial charge in [0.1, 0.15) is 0 Å². The molecule has 2 amide bonds. The van der Waals surface area contributed by atoms with Crippen molar-refractivity contribution in [3.05, 3.63) is 0 Å². The lowest BCUT2D eigenvalue weighted by Crippen LogP contribution is -2.82. The zero-order valence-electron chi connectivity index (χ0n) is 8.18. The lowest BCUT2D eigenvalue weighted by Gasteiger charge is -2.68. The van der Waals surface area contributed by atoms with Crippen LogP contribution in [0.15, 0.2) is 0 Å². The molecule has 0 saturated heterocycles. The molecule has 0 aliphatic heterocycles. The molecule has 3 saturated carbocycles. The van der Waals surface area contributed by atoms with E-state index in [-0.39, 0.29) is 23.2 Å². The van der Waals surface area contributed by atoms with E-state index >= 15 is 0 Å². The number of hydrogen-bond acceptors (Lipinski definition) is 2. The summed E-state index contributed by atoms with van der Waals surface area (Å²) in [7, 11) is 0. The van der Waals surface area contributed by atoms with E-state index in [1.54, 1.807) is 0 Å². The van der Waals surface area contributed by atoms with Crippen LogP contribution in [-0.2, 0) is 0 Å². The average Bonchev–Trinajstić information content (AvgIpc) is 1.79. The molecule has 0 radical (unpaired) electrons. The zero-order chi connectivity index (χ0) is 9.69. The Hall–Kier alpha value is -0.770. The van der Waals surface area contributed by atoms with Crippen molar-refractivity contribution in [2.24, 2.45) is 5.73 Å². The van der Waals surface area contributed by atoms with Crippen molar-refractivity contribution in [1.29, 1.82) is 0 Å². The molecule has 4 nitrogen and oxygen atoms in total. The second kappa shape index (κ2) is 2.38. The van der Waals surface area contributed by atoms with Gasteiger partial charge in [0.05, 0.1) is 0 Å². The Bertz CT molecular complexity index is 229. The second-order valence-corrected chi connectivity index (χ2v) is 4.93. The van der Waals surface area contributed by atoms with E-state index in [0.29, 0.717) is 0 Å². The maximum absolute atomic E-state index is 11.3. The maximum atomic E-state index is 11.3. The van der Waals surface area contributed by atoms with Gasteiger partial charge in [-0.15, -0.1) is 0 Å². The van der Waals surface area contributed by atoms with Gasteiger partial charge < -0.3 is 16.4 Å². The molecule has 0 unspecified atom stereocenters. The van der Waals surface area contributed by atoms with Gasteiger partial charge in [0.2, 0.25) is 0 Å². The van der Waals surface area contributed by atoms with Crippen molar-refractivity contribution in [2.75, 3.05) is 0 Å². The van der Waals surface area contributed by atoms with E-state index in [1.165, 1.54) is 0 Å². The Morgan fingerprint density at radius 2 is 1.92 bits per heavy atom. The fraction of sp³-hybridized carbons (Fsp3) is 0.889. The minimum Gasteiger partial charge on any atom is -0.336 e. The third kappa shape index (κ3) is 1.39. The SMILES string of the molecule is CC(C)NC(=O)NC12CC(N)(C1)C2. The van der Waals surface area contributed by atoms with E-state index < -0.39 is 0 Å². The molecule has 3 aliphatic carbocycles. The molecule has 0 heterocycles. The predicted molar refractivity (Wildman–Crippen MR) is 50.3 cm³/mol. The van der Waals surface area contributed by atoms with Gasteiger partial charge in [-0.25, -0.2) is 4.79 Å². The van der Waals surface area contributed by atoms with Crippen LogP contribution in [-0.4, -0.2) is 23.2 Å². The van der Waals surface area contributed by atoms with E-state index in [0.717, 1.165) is 19.3 Å². The Morgan fingerprint density at radius 1 is 1.38 bits per heavy atom. The number of carbonyl (C=O) groups excluding carboxylic acids is 1. The maximum Gasteiger partial charge on any atom is 0.315 e. The smallest absolute Gasteiger partial charge is 0.315 e. The highest BCUT2D eigenvalue weighted by atomic mass is 16.2. The minimum absolute atomic E-state index is 0.0493. The Kier molecular flexibility index (Phi) is 1.61. The van der Waals surface area contributed by atoms with Crippen LogP contribution in [0.4, 0.5) is 4.79 Å². The van der Waals surface area contributed by atoms with Gasteiger partial charge in [-0.2, -0.15) is 0 Å². The summed E-state index contributed by atoms with van der Waals surface area (Å²) in [6.07, 6.45) is 2.85. The topological polar surface area (TPSA) is 67.2 Å². The van der Waals surface area contributed by atoms with Crippen molar-refractivity contribution in [1.82, 2.24) is 10.6 Å². The van der Waals surface area contributed by atoms with Crippen molar-refractivity contribution >= 4 is 6.03 Å². The van der Waals surface area contributed by atoms with Gasteiger partial charge >= 0.3 is 6.03 Å². The molecule has 3 rings (SSSR count). The van der Waals surface area contributed by atoms with Crippen LogP contribution in [0.1, 0.15) is 33.1 Å². The van der Waals surface area contributed by atoms with Gasteiger partial charge in [0.25, 0.3) is 0 Å². The first-order valence-corrected chi connectivity index (χ1v) is 4.81. The number of urea groups is 1. The van der Waals surface area contributed by atoms with E-state index in [4.69, 9.17) is 5.73 Å². The number of carbonyl (C=O) groups is 1. The highest BCUT2D eigenvalue weighted by molar-refractivity contribution is 5.76.